The van der Waals surface area contributed by atoms with Crippen LogP contribution >= 0.6 is 24.0 Å². The van der Waals surface area contributed by atoms with Crippen molar-refractivity contribution in [2.24, 2.45) is 17.8 Å². The fourth-order valence-electron chi connectivity index (χ4n) is 2.94. The molecule has 3 heteroatoms. The first-order chi connectivity index (χ1) is 8.49. The quantitative estimate of drug-likeness (QED) is 0.683. The second-order valence-electron chi connectivity index (χ2n) is 5.92. The second kappa shape index (κ2) is 7.74. The monoisotopic (exact) mass is 287 g/mol. The standard InChI is InChI=1S/C15H29NS2/c1-6-16(7-2)15(17)18-14-10-12(5)8-9-13(14)11(3)4/h11-14H,6-10H2,1-5H3/t12-,13+,14-/m1/s1. The number of rotatable bonds is 4. The zero-order valence-electron chi connectivity index (χ0n) is 12.6. The van der Waals surface area contributed by atoms with Crippen molar-refractivity contribution in [2.75, 3.05) is 13.1 Å². The van der Waals surface area contributed by atoms with E-state index in [0.717, 1.165) is 40.4 Å². The normalized spacial score (nSPS) is 28.4. The Hall–Kier alpha value is 0.240. The Labute approximate surface area is 123 Å². The van der Waals surface area contributed by atoms with Crippen molar-refractivity contribution < 1.29 is 0 Å². The maximum absolute atomic E-state index is 5.62. The van der Waals surface area contributed by atoms with Gasteiger partial charge in [-0.2, -0.15) is 0 Å². The SMILES string of the molecule is CCN(CC)C(=S)S[C@@H]1C[C@H](C)CC[C@H]1C(C)C. The molecule has 1 fully saturated rings. The largest absolute Gasteiger partial charge is 0.358 e. The molecule has 0 N–H and O–H groups in total. The lowest BCUT2D eigenvalue weighted by molar-refractivity contribution is 0.244. The lowest BCUT2D eigenvalue weighted by Gasteiger charge is -2.38. The Bertz CT molecular complexity index is 261. The summed E-state index contributed by atoms with van der Waals surface area (Å²) in [5.41, 5.74) is 0. The molecule has 106 valence electrons. The van der Waals surface area contributed by atoms with Crippen LogP contribution in [0.15, 0.2) is 0 Å². The lowest BCUT2D eigenvalue weighted by Crippen LogP contribution is -2.34. The van der Waals surface area contributed by atoms with E-state index in [1.807, 2.05) is 11.8 Å². The van der Waals surface area contributed by atoms with Crippen LogP contribution in [0.2, 0.25) is 0 Å². The van der Waals surface area contributed by atoms with Crippen LogP contribution in [-0.4, -0.2) is 27.6 Å². The fourth-order valence-corrected chi connectivity index (χ4v) is 5.28. The van der Waals surface area contributed by atoms with E-state index in [1.165, 1.54) is 19.3 Å². The first kappa shape index (κ1) is 16.3. The third-order valence-electron chi connectivity index (χ3n) is 4.24. The van der Waals surface area contributed by atoms with E-state index in [4.69, 9.17) is 12.2 Å². The van der Waals surface area contributed by atoms with Gasteiger partial charge in [-0.1, -0.05) is 51.2 Å². The Morgan fingerprint density at radius 3 is 2.39 bits per heavy atom. The van der Waals surface area contributed by atoms with Gasteiger partial charge in [0.1, 0.15) is 4.32 Å². The molecule has 1 aliphatic carbocycles. The molecular formula is C15H29NS2. The molecule has 1 rings (SSSR count). The predicted octanol–water partition coefficient (Wildman–Crippen LogP) is 4.81. The van der Waals surface area contributed by atoms with Gasteiger partial charge >= 0.3 is 0 Å². The molecule has 0 radical (unpaired) electrons. The highest BCUT2D eigenvalue weighted by Crippen LogP contribution is 2.40. The van der Waals surface area contributed by atoms with Gasteiger partial charge in [0.15, 0.2) is 0 Å². The van der Waals surface area contributed by atoms with E-state index >= 15 is 0 Å². The molecular weight excluding hydrogens is 258 g/mol. The molecule has 0 aromatic heterocycles. The van der Waals surface area contributed by atoms with Crippen molar-refractivity contribution in [3.63, 3.8) is 0 Å². The maximum Gasteiger partial charge on any atom is 0.136 e. The molecule has 1 nitrogen and oxygen atoms in total. The number of hydrogen-bond acceptors (Lipinski definition) is 2. The van der Waals surface area contributed by atoms with Crippen molar-refractivity contribution in [1.29, 1.82) is 0 Å². The summed E-state index contributed by atoms with van der Waals surface area (Å²) in [5.74, 6) is 2.51. The lowest BCUT2D eigenvalue weighted by atomic mass is 9.77. The van der Waals surface area contributed by atoms with Gasteiger partial charge in [-0.05, 0) is 44.4 Å². The Morgan fingerprint density at radius 2 is 1.89 bits per heavy atom. The van der Waals surface area contributed by atoms with Gasteiger partial charge < -0.3 is 4.90 Å². The zero-order valence-corrected chi connectivity index (χ0v) is 14.2. The van der Waals surface area contributed by atoms with Gasteiger partial charge in [-0.15, -0.1) is 0 Å². The highest BCUT2D eigenvalue weighted by molar-refractivity contribution is 8.23. The molecule has 0 amide bonds. The number of thioether (sulfide) groups is 1. The van der Waals surface area contributed by atoms with Crippen molar-refractivity contribution in [1.82, 2.24) is 4.90 Å². The van der Waals surface area contributed by atoms with Crippen LogP contribution in [0, 0.1) is 17.8 Å². The summed E-state index contributed by atoms with van der Waals surface area (Å²) in [6.07, 6.45) is 4.13. The minimum Gasteiger partial charge on any atom is -0.358 e. The topological polar surface area (TPSA) is 3.24 Å². The maximum atomic E-state index is 5.62. The van der Waals surface area contributed by atoms with Crippen LogP contribution in [0.25, 0.3) is 0 Å². The minimum atomic E-state index is 0.738. The van der Waals surface area contributed by atoms with Gasteiger partial charge in [0.05, 0.1) is 0 Å². The third-order valence-corrected chi connectivity index (χ3v) is 6.09. The minimum absolute atomic E-state index is 0.738. The third kappa shape index (κ3) is 4.41. The number of hydrogen-bond donors (Lipinski definition) is 0. The molecule has 0 aromatic rings. The highest BCUT2D eigenvalue weighted by atomic mass is 32.2. The first-order valence-electron chi connectivity index (χ1n) is 7.45. The van der Waals surface area contributed by atoms with E-state index in [2.05, 4.69) is 39.5 Å². The summed E-state index contributed by atoms with van der Waals surface area (Å²) in [4.78, 5) is 2.32. The molecule has 0 spiro atoms. The summed E-state index contributed by atoms with van der Waals surface area (Å²) in [6.45, 7) is 13.6. The van der Waals surface area contributed by atoms with E-state index < -0.39 is 0 Å². The van der Waals surface area contributed by atoms with E-state index in [0.29, 0.717) is 0 Å². The van der Waals surface area contributed by atoms with Crippen LogP contribution in [0.1, 0.15) is 53.9 Å². The van der Waals surface area contributed by atoms with Gasteiger partial charge in [-0.25, -0.2) is 0 Å². The molecule has 1 saturated carbocycles. The van der Waals surface area contributed by atoms with Crippen molar-refractivity contribution in [3.05, 3.63) is 0 Å². The Morgan fingerprint density at radius 1 is 1.28 bits per heavy atom. The van der Waals surface area contributed by atoms with Gasteiger partial charge in [0, 0.05) is 18.3 Å². The van der Waals surface area contributed by atoms with E-state index in [1.54, 1.807) is 0 Å². The first-order valence-corrected chi connectivity index (χ1v) is 8.73. The molecule has 0 saturated heterocycles. The molecule has 18 heavy (non-hydrogen) atoms. The van der Waals surface area contributed by atoms with Crippen molar-refractivity contribution in [2.45, 2.75) is 59.1 Å². The molecule has 0 aromatic carbocycles. The van der Waals surface area contributed by atoms with Crippen LogP contribution in [0.4, 0.5) is 0 Å². The molecule has 0 heterocycles. The molecule has 0 bridgehead atoms. The smallest absolute Gasteiger partial charge is 0.136 e. The summed E-state index contributed by atoms with van der Waals surface area (Å²) in [7, 11) is 0. The highest BCUT2D eigenvalue weighted by Gasteiger charge is 2.32. The van der Waals surface area contributed by atoms with Crippen LogP contribution in [0.3, 0.4) is 0 Å². The second-order valence-corrected chi connectivity index (χ2v) is 7.79. The summed E-state index contributed by atoms with van der Waals surface area (Å²) in [5, 5.41) is 0.738. The molecule has 1 aliphatic rings. The summed E-state index contributed by atoms with van der Waals surface area (Å²) >= 11 is 7.60. The summed E-state index contributed by atoms with van der Waals surface area (Å²) < 4.78 is 1.12. The fraction of sp³-hybridized carbons (Fsp3) is 0.933. The van der Waals surface area contributed by atoms with Gasteiger partial charge in [0.2, 0.25) is 0 Å². The van der Waals surface area contributed by atoms with Gasteiger partial charge in [0.25, 0.3) is 0 Å². The Balaban J connectivity index is 2.63. The van der Waals surface area contributed by atoms with Crippen molar-refractivity contribution in [3.8, 4) is 0 Å². The molecule has 0 aliphatic heterocycles. The van der Waals surface area contributed by atoms with Crippen LogP contribution < -0.4 is 0 Å². The molecule has 3 atom stereocenters. The van der Waals surface area contributed by atoms with Crippen LogP contribution in [0.5, 0.6) is 0 Å². The average Bonchev–Trinajstić information content (AvgIpc) is 2.30. The van der Waals surface area contributed by atoms with E-state index in [9.17, 15) is 0 Å². The van der Waals surface area contributed by atoms with Crippen molar-refractivity contribution >= 4 is 28.3 Å². The number of thiocarbonyl (C=S) groups is 1. The zero-order chi connectivity index (χ0) is 13.7. The Kier molecular flexibility index (Phi) is 7.01. The molecule has 0 unspecified atom stereocenters. The van der Waals surface area contributed by atoms with Gasteiger partial charge in [-0.3, -0.25) is 0 Å². The summed E-state index contributed by atoms with van der Waals surface area (Å²) in [6, 6.07) is 0. The average molecular weight is 288 g/mol. The predicted molar refractivity (Wildman–Crippen MR) is 88.2 cm³/mol. The van der Waals surface area contributed by atoms with Crippen LogP contribution in [-0.2, 0) is 0 Å². The number of nitrogens with zero attached hydrogens (tertiary/aromatic N) is 1. The van der Waals surface area contributed by atoms with E-state index in [-0.39, 0.29) is 0 Å².